The lowest BCUT2D eigenvalue weighted by atomic mass is 10.1. The van der Waals surface area contributed by atoms with Crippen LogP contribution in [0.2, 0.25) is 0 Å². The maximum atomic E-state index is 13.2. The third-order valence-corrected chi connectivity index (χ3v) is 4.71. The zero-order chi connectivity index (χ0) is 21.8. The average molecular weight is 407 g/mol. The molecule has 0 saturated heterocycles. The van der Waals surface area contributed by atoms with Gasteiger partial charge in [0.05, 0.1) is 49.0 Å². The largest absolute Gasteiger partial charge is 0.497 e. The van der Waals surface area contributed by atoms with Crippen molar-refractivity contribution < 1.29 is 14.3 Å². The third kappa shape index (κ3) is 4.51. The van der Waals surface area contributed by atoms with E-state index in [2.05, 4.69) is 16.2 Å². The van der Waals surface area contributed by atoms with E-state index in [1.807, 2.05) is 26.0 Å². The summed E-state index contributed by atoms with van der Waals surface area (Å²) in [7, 11) is 2.90. The Hall–Kier alpha value is -3.61. The molecule has 30 heavy (non-hydrogen) atoms. The van der Waals surface area contributed by atoms with Gasteiger partial charge in [-0.2, -0.15) is 0 Å². The summed E-state index contributed by atoms with van der Waals surface area (Å²) in [6, 6.07) is 13.0. The van der Waals surface area contributed by atoms with Crippen LogP contribution in [0, 0.1) is 13.8 Å². The molecule has 0 unspecified atom stereocenters. The number of H-pyrrole nitrogens is 1. The van der Waals surface area contributed by atoms with Gasteiger partial charge in [0.15, 0.2) is 0 Å². The number of ether oxygens (including phenoxy) is 2. The molecule has 156 valence electrons. The van der Waals surface area contributed by atoms with Crippen molar-refractivity contribution in [2.75, 3.05) is 14.2 Å². The molecule has 2 aromatic carbocycles. The highest BCUT2D eigenvalue weighted by molar-refractivity contribution is 6.01. The highest BCUT2D eigenvalue weighted by Gasteiger charge is 2.20. The second-order valence-electron chi connectivity index (χ2n) is 7.10. The summed E-state index contributed by atoms with van der Waals surface area (Å²) in [6.07, 6.45) is -0.0655. The Balaban J connectivity index is 2.13. The Morgan fingerprint density at radius 2 is 1.70 bits per heavy atom. The second-order valence-corrected chi connectivity index (χ2v) is 7.10. The topological polar surface area (TPSA) is 85.7 Å². The van der Waals surface area contributed by atoms with E-state index in [0.29, 0.717) is 28.4 Å². The number of esters is 1. The first-order chi connectivity index (χ1) is 14.3. The van der Waals surface area contributed by atoms with Crippen molar-refractivity contribution in [2.24, 2.45) is 4.99 Å². The number of methoxy groups -OCH3 is 2. The van der Waals surface area contributed by atoms with Gasteiger partial charge in [0.1, 0.15) is 5.75 Å². The molecule has 0 aliphatic rings. The van der Waals surface area contributed by atoms with E-state index in [0.717, 1.165) is 16.8 Å². The zero-order valence-corrected chi connectivity index (χ0v) is 17.8. The van der Waals surface area contributed by atoms with E-state index < -0.39 is 5.97 Å². The molecule has 0 atom stereocenters. The van der Waals surface area contributed by atoms with Crippen molar-refractivity contribution in [3.8, 4) is 11.4 Å². The van der Waals surface area contributed by atoms with Crippen LogP contribution in [0.4, 0.5) is 5.69 Å². The molecule has 0 spiro atoms. The minimum Gasteiger partial charge on any atom is -0.497 e. The zero-order valence-electron chi connectivity index (χ0n) is 17.8. The SMILES string of the molecule is COC(=O)Cc1[nH]n(-c2ccc(OC)cc2)c(=O)c1C(C)=Nc1cc(C)cc(C)c1. The summed E-state index contributed by atoms with van der Waals surface area (Å²) in [5, 5.41) is 3.04. The van der Waals surface area contributed by atoms with Gasteiger partial charge in [-0.25, -0.2) is 4.68 Å². The molecule has 0 amide bonds. The molecule has 7 nitrogen and oxygen atoms in total. The van der Waals surface area contributed by atoms with Crippen molar-refractivity contribution in [3.63, 3.8) is 0 Å². The van der Waals surface area contributed by atoms with E-state index in [1.165, 1.54) is 11.8 Å². The predicted octanol–water partition coefficient (Wildman–Crippen LogP) is 3.65. The average Bonchev–Trinajstić information content (AvgIpc) is 3.02. The lowest BCUT2D eigenvalue weighted by molar-refractivity contribution is -0.139. The van der Waals surface area contributed by atoms with Gasteiger partial charge in [-0.1, -0.05) is 6.07 Å². The van der Waals surface area contributed by atoms with Gasteiger partial charge in [-0.05, 0) is 68.3 Å². The lowest BCUT2D eigenvalue weighted by Crippen LogP contribution is -2.20. The van der Waals surface area contributed by atoms with E-state index in [9.17, 15) is 9.59 Å². The molecule has 0 aliphatic carbocycles. The quantitative estimate of drug-likeness (QED) is 0.499. The Bertz CT molecular complexity index is 1130. The van der Waals surface area contributed by atoms with Gasteiger partial charge in [-0.15, -0.1) is 0 Å². The number of nitrogens with zero attached hydrogens (tertiary/aromatic N) is 2. The molecule has 0 radical (unpaired) electrons. The van der Waals surface area contributed by atoms with Crippen LogP contribution in [-0.4, -0.2) is 35.7 Å². The number of carbonyl (C=O) groups excluding carboxylic acids is 1. The van der Waals surface area contributed by atoms with Crippen molar-refractivity contribution >= 4 is 17.4 Å². The molecular weight excluding hydrogens is 382 g/mol. The fraction of sp³-hybridized carbons (Fsp3) is 0.261. The number of aryl methyl sites for hydroxylation is 2. The first kappa shape index (κ1) is 21.1. The second kappa shape index (κ2) is 8.82. The van der Waals surface area contributed by atoms with Crippen molar-refractivity contribution in [3.05, 3.63) is 75.2 Å². The van der Waals surface area contributed by atoms with Crippen LogP contribution in [0.5, 0.6) is 5.75 Å². The lowest BCUT2D eigenvalue weighted by Gasteiger charge is -2.04. The molecule has 0 bridgehead atoms. The van der Waals surface area contributed by atoms with Crippen LogP contribution >= 0.6 is 0 Å². The molecule has 1 N–H and O–H groups in total. The molecule has 1 heterocycles. The van der Waals surface area contributed by atoms with Crippen LogP contribution in [0.3, 0.4) is 0 Å². The number of hydrogen-bond donors (Lipinski definition) is 1. The maximum Gasteiger partial charge on any atom is 0.311 e. The highest BCUT2D eigenvalue weighted by Crippen LogP contribution is 2.20. The normalized spacial score (nSPS) is 11.4. The van der Waals surface area contributed by atoms with Crippen molar-refractivity contribution in [1.82, 2.24) is 9.78 Å². The van der Waals surface area contributed by atoms with Crippen LogP contribution in [0.1, 0.15) is 29.3 Å². The number of nitrogens with one attached hydrogen (secondary N) is 1. The molecule has 1 aromatic heterocycles. The summed E-state index contributed by atoms with van der Waals surface area (Å²) in [5.74, 6) is 0.236. The van der Waals surface area contributed by atoms with Gasteiger partial charge in [0.25, 0.3) is 5.56 Å². The molecule has 0 aliphatic heterocycles. The van der Waals surface area contributed by atoms with Crippen molar-refractivity contribution in [2.45, 2.75) is 27.2 Å². The summed E-state index contributed by atoms with van der Waals surface area (Å²) in [6.45, 7) is 5.76. The van der Waals surface area contributed by atoms with Crippen LogP contribution in [0.15, 0.2) is 52.3 Å². The summed E-state index contributed by atoms with van der Waals surface area (Å²) < 4.78 is 11.4. The number of aromatic amines is 1. The number of benzene rings is 2. The Kier molecular flexibility index (Phi) is 6.20. The van der Waals surface area contributed by atoms with E-state index in [-0.39, 0.29) is 12.0 Å². The maximum absolute atomic E-state index is 13.2. The number of rotatable bonds is 6. The van der Waals surface area contributed by atoms with E-state index in [4.69, 9.17) is 9.47 Å². The molecule has 7 heteroatoms. The third-order valence-electron chi connectivity index (χ3n) is 4.71. The predicted molar refractivity (Wildman–Crippen MR) is 116 cm³/mol. The smallest absolute Gasteiger partial charge is 0.311 e. The Morgan fingerprint density at radius 3 is 2.27 bits per heavy atom. The monoisotopic (exact) mass is 407 g/mol. The van der Waals surface area contributed by atoms with Gasteiger partial charge in [0, 0.05) is 0 Å². The molecular formula is C23H25N3O4. The highest BCUT2D eigenvalue weighted by atomic mass is 16.5. The van der Waals surface area contributed by atoms with E-state index in [1.54, 1.807) is 38.3 Å². The molecule has 3 rings (SSSR count). The minimum atomic E-state index is -0.446. The number of aliphatic imine (C=N–C) groups is 1. The van der Waals surface area contributed by atoms with Gasteiger partial charge >= 0.3 is 5.97 Å². The first-order valence-corrected chi connectivity index (χ1v) is 9.51. The first-order valence-electron chi connectivity index (χ1n) is 9.51. The van der Waals surface area contributed by atoms with Crippen LogP contribution in [-0.2, 0) is 16.0 Å². The standard InChI is InChI=1S/C23H25N3O4/c1-14-10-15(2)12-17(11-14)24-16(3)22-20(13-21(27)30-5)25-26(23(22)28)18-6-8-19(29-4)9-7-18/h6-12,25H,13H2,1-5H3. The summed E-state index contributed by atoms with van der Waals surface area (Å²) in [4.78, 5) is 29.8. The van der Waals surface area contributed by atoms with Crippen LogP contribution < -0.4 is 10.3 Å². The summed E-state index contributed by atoms with van der Waals surface area (Å²) in [5.41, 5.74) is 4.59. The summed E-state index contributed by atoms with van der Waals surface area (Å²) >= 11 is 0. The molecule has 0 saturated carbocycles. The fourth-order valence-electron chi connectivity index (χ4n) is 3.38. The van der Waals surface area contributed by atoms with Crippen molar-refractivity contribution in [1.29, 1.82) is 0 Å². The number of carbonyl (C=O) groups is 1. The van der Waals surface area contributed by atoms with Crippen LogP contribution in [0.25, 0.3) is 5.69 Å². The number of aromatic nitrogens is 2. The molecule has 3 aromatic rings. The van der Waals surface area contributed by atoms with Gasteiger partial charge < -0.3 is 9.47 Å². The minimum absolute atomic E-state index is 0.0655. The Morgan fingerprint density at radius 1 is 1.07 bits per heavy atom. The van der Waals surface area contributed by atoms with E-state index >= 15 is 0 Å². The Labute approximate surface area is 175 Å². The number of hydrogen-bond acceptors (Lipinski definition) is 5. The van der Waals surface area contributed by atoms with Gasteiger partial charge in [-0.3, -0.25) is 19.7 Å². The fourth-order valence-corrected chi connectivity index (χ4v) is 3.38. The molecule has 0 fully saturated rings. The van der Waals surface area contributed by atoms with Gasteiger partial charge in [0.2, 0.25) is 0 Å².